The highest BCUT2D eigenvalue weighted by atomic mass is 16.4. The van der Waals surface area contributed by atoms with Gasteiger partial charge in [-0.25, -0.2) is 4.79 Å². The molecule has 0 aromatic heterocycles. The van der Waals surface area contributed by atoms with Crippen LogP contribution >= 0.6 is 0 Å². The summed E-state index contributed by atoms with van der Waals surface area (Å²) in [6.07, 6.45) is 4.85. The number of rotatable bonds is 4. The maximum atomic E-state index is 11.1. The zero-order valence-electron chi connectivity index (χ0n) is 11.8. The Morgan fingerprint density at radius 1 is 1.32 bits per heavy atom. The molecule has 1 aliphatic rings. The standard InChI is InChI=1S/C16H23NO2/c1-16(2)9-7-13(8-10-16)17-11-12-5-3-4-6-14(12)15(18)19/h3-6,13,17H,7-11H2,1-2H3,(H,18,19). The van der Waals surface area contributed by atoms with Crippen LogP contribution in [0.1, 0.15) is 55.5 Å². The molecule has 2 N–H and O–H groups in total. The Balaban J connectivity index is 1.91. The molecule has 1 fully saturated rings. The van der Waals surface area contributed by atoms with Crippen LogP contribution in [0.15, 0.2) is 24.3 Å². The van der Waals surface area contributed by atoms with E-state index in [1.165, 1.54) is 25.7 Å². The SMILES string of the molecule is CC1(C)CCC(NCc2ccccc2C(=O)O)CC1. The maximum Gasteiger partial charge on any atom is 0.336 e. The molecule has 0 aliphatic heterocycles. The predicted octanol–water partition coefficient (Wildman–Crippen LogP) is 3.44. The van der Waals surface area contributed by atoms with Crippen molar-refractivity contribution < 1.29 is 9.90 Å². The van der Waals surface area contributed by atoms with E-state index < -0.39 is 5.97 Å². The van der Waals surface area contributed by atoms with Gasteiger partial charge in [0.2, 0.25) is 0 Å². The van der Waals surface area contributed by atoms with Crippen LogP contribution in [-0.4, -0.2) is 17.1 Å². The molecule has 0 atom stereocenters. The van der Waals surface area contributed by atoms with Crippen LogP contribution < -0.4 is 5.32 Å². The molecule has 1 aromatic rings. The van der Waals surface area contributed by atoms with E-state index in [1.807, 2.05) is 12.1 Å². The van der Waals surface area contributed by atoms with Gasteiger partial charge in [-0.2, -0.15) is 0 Å². The topological polar surface area (TPSA) is 49.3 Å². The molecule has 0 heterocycles. The van der Waals surface area contributed by atoms with Gasteiger partial charge in [-0.15, -0.1) is 0 Å². The van der Waals surface area contributed by atoms with Gasteiger partial charge in [-0.1, -0.05) is 32.0 Å². The molecule has 3 heteroatoms. The number of carbonyl (C=O) groups is 1. The van der Waals surface area contributed by atoms with E-state index >= 15 is 0 Å². The fourth-order valence-corrected chi connectivity index (χ4v) is 2.74. The molecule has 1 aliphatic carbocycles. The van der Waals surface area contributed by atoms with Crippen molar-refractivity contribution in [2.45, 2.75) is 52.1 Å². The van der Waals surface area contributed by atoms with Gasteiger partial charge in [-0.05, 0) is 42.7 Å². The summed E-state index contributed by atoms with van der Waals surface area (Å²) in [5.74, 6) is -0.845. The Morgan fingerprint density at radius 3 is 2.58 bits per heavy atom. The number of aromatic carboxylic acids is 1. The lowest BCUT2D eigenvalue weighted by molar-refractivity contribution is 0.0695. The van der Waals surface area contributed by atoms with Crippen molar-refractivity contribution in [3.05, 3.63) is 35.4 Å². The molecule has 104 valence electrons. The fourth-order valence-electron chi connectivity index (χ4n) is 2.74. The van der Waals surface area contributed by atoms with E-state index in [1.54, 1.807) is 12.1 Å². The van der Waals surface area contributed by atoms with Crippen LogP contribution in [0.2, 0.25) is 0 Å². The van der Waals surface area contributed by atoms with Crippen molar-refractivity contribution in [1.29, 1.82) is 0 Å². The van der Waals surface area contributed by atoms with Crippen molar-refractivity contribution in [3.63, 3.8) is 0 Å². The van der Waals surface area contributed by atoms with Gasteiger partial charge in [0.05, 0.1) is 5.56 Å². The Hall–Kier alpha value is -1.35. The Kier molecular flexibility index (Phi) is 4.25. The molecule has 0 spiro atoms. The second-order valence-electron chi connectivity index (χ2n) is 6.28. The monoisotopic (exact) mass is 261 g/mol. The highest BCUT2D eigenvalue weighted by Gasteiger charge is 2.26. The van der Waals surface area contributed by atoms with Gasteiger partial charge >= 0.3 is 5.97 Å². The quantitative estimate of drug-likeness (QED) is 0.873. The molecule has 0 unspecified atom stereocenters. The van der Waals surface area contributed by atoms with E-state index in [4.69, 9.17) is 5.11 Å². The van der Waals surface area contributed by atoms with Gasteiger partial charge in [0, 0.05) is 12.6 Å². The lowest BCUT2D eigenvalue weighted by atomic mass is 9.75. The summed E-state index contributed by atoms with van der Waals surface area (Å²) >= 11 is 0. The van der Waals surface area contributed by atoms with Gasteiger partial charge in [0.1, 0.15) is 0 Å². The summed E-state index contributed by atoms with van der Waals surface area (Å²) in [6, 6.07) is 7.76. The summed E-state index contributed by atoms with van der Waals surface area (Å²) in [5, 5.41) is 12.7. The summed E-state index contributed by atoms with van der Waals surface area (Å²) in [6.45, 7) is 5.29. The predicted molar refractivity (Wildman–Crippen MR) is 76.3 cm³/mol. The third kappa shape index (κ3) is 3.80. The first kappa shape index (κ1) is 14.1. The molecule has 0 amide bonds. The number of carboxylic acids is 1. The summed E-state index contributed by atoms with van der Waals surface area (Å²) < 4.78 is 0. The molecule has 0 radical (unpaired) electrons. The molecule has 1 aromatic carbocycles. The van der Waals surface area contributed by atoms with Crippen LogP contribution in [0.5, 0.6) is 0 Å². The molecule has 19 heavy (non-hydrogen) atoms. The number of nitrogens with one attached hydrogen (secondary N) is 1. The highest BCUT2D eigenvalue weighted by molar-refractivity contribution is 5.89. The zero-order valence-corrected chi connectivity index (χ0v) is 11.8. The Labute approximate surface area is 115 Å². The minimum Gasteiger partial charge on any atom is -0.478 e. The van der Waals surface area contributed by atoms with Crippen molar-refractivity contribution in [3.8, 4) is 0 Å². The minimum atomic E-state index is -0.845. The third-order valence-corrected chi connectivity index (χ3v) is 4.17. The van der Waals surface area contributed by atoms with E-state index in [2.05, 4.69) is 19.2 Å². The maximum absolute atomic E-state index is 11.1. The average Bonchev–Trinajstić information content (AvgIpc) is 2.38. The second-order valence-corrected chi connectivity index (χ2v) is 6.28. The number of hydrogen-bond donors (Lipinski definition) is 2. The molecule has 3 nitrogen and oxygen atoms in total. The van der Waals surface area contributed by atoms with Gasteiger partial charge in [-0.3, -0.25) is 0 Å². The first-order valence-electron chi connectivity index (χ1n) is 7.02. The second kappa shape index (κ2) is 5.74. The molecule has 2 rings (SSSR count). The summed E-state index contributed by atoms with van der Waals surface area (Å²) in [5.41, 5.74) is 1.75. The molecule has 0 saturated heterocycles. The lowest BCUT2D eigenvalue weighted by Gasteiger charge is -2.34. The lowest BCUT2D eigenvalue weighted by Crippen LogP contribution is -2.35. The highest BCUT2D eigenvalue weighted by Crippen LogP contribution is 2.35. The van der Waals surface area contributed by atoms with Crippen molar-refractivity contribution in [2.24, 2.45) is 5.41 Å². The number of carboxylic acid groups (broad SMARTS) is 1. The third-order valence-electron chi connectivity index (χ3n) is 4.17. The van der Waals surface area contributed by atoms with E-state index in [9.17, 15) is 4.79 Å². The largest absolute Gasteiger partial charge is 0.478 e. The van der Waals surface area contributed by atoms with Gasteiger partial charge in [0.15, 0.2) is 0 Å². The van der Waals surface area contributed by atoms with Crippen LogP contribution in [0.4, 0.5) is 0 Å². The van der Waals surface area contributed by atoms with E-state index in [-0.39, 0.29) is 0 Å². The molecular formula is C16H23NO2. The van der Waals surface area contributed by atoms with Crippen molar-refractivity contribution in [1.82, 2.24) is 5.32 Å². The summed E-state index contributed by atoms with van der Waals surface area (Å²) in [4.78, 5) is 11.1. The zero-order chi connectivity index (χ0) is 13.9. The molecule has 0 bridgehead atoms. The smallest absolute Gasteiger partial charge is 0.336 e. The Bertz CT molecular complexity index is 444. The number of benzene rings is 1. The van der Waals surface area contributed by atoms with Crippen molar-refractivity contribution >= 4 is 5.97 Å². The van der Waals surface area contributed by atoms with E-state index in [0.717, 1.165) is 5.56 Å². The first-order valence-corrected chi connectivity index (χ1v) is 7.02. The molecular weight excluding hydrogens is 238 g/mol. The van der Waals surface area contributed by atoms with Crippen molar-refractivity contribution in [2.75, 3.05) is 0 Å². The Morgan fingerprint density at radius 2 is 1.95 bits per heavy atom. The van der Waals surface area contributed by atoms with Crippen LogP contribution in [0.25, 0.3) is 0 Å². The first-order chi connectivity index (χ1) is 8.98. The fraction of sp³-hybridized carbons (Fsp3) is 0.562. The van der Waals surface area contributed by atoms with Crippen LogP contribution in [0, 0.1) is 5.41 Å². The summed E-state index contributed by atoms with van der Waals surface area (Å²) in [7, 11) is 0. The van der Waals surface area contributed by atoms with Crippen LogP contribution in [0.3, 0.4) is 0 Å². The normalized spacial score (nSPS) is 19.3. The van der Waals surface area contributed by atoms with Gasteiger partial charge < -0.3 is 10.4 Å². The van der Waals surface area contributed by atoms with E-state index in [0.29, 0.717) is 23.6 Å². The average molecular weight is 261 g/mol. The van der Waals surface area contributed by atoms with Gasteiger partial charge in [0.25, 0.3) is 0 Å². The number of hydrogen-bond acceptors (Lipinski definition) is 2. The minimum absolute atomic E-state index is 0.408. The molecule has 1 saturated carbocycles. The van der Waals surface area contributed by atoms with Crippen LogP contribution in [-0.2, 0) is 6.54 Å².